The highest BCUT2D eigenvalue weighted by atomic mass is 19.4. The third kappa shape index (κ3) is 3.04. The third-order valence-electron chi connectivity index (χ3n) is 1.31. The molecule has 18 heavy (non-hydrogen) atoms. The number of alkyl halides is 7. The van der Waals surface area contributed by atoms with Gasteiger partial charge in [-0.15, -0.1) is 0 Å². The summed E-state index contributed by atoms with van der Waals surface area (Å²) in [5, 5.41) is 0. The molecule has 0 aliphatic rings. The van der Waals surface area contributed by atoms with Crippen LogP contribution in [0.2, 0.25) is 0 Å². The van der Waals surface area contributed by atoms with Crippen LogP contribution in [0.4, 0.5) is 43.9 Å². The van der Waals surface area contributed by atoms with Crippen molar-refractivity contribution in [2.75, 3.05) is 0 Å². The van der Waals surface area contributed by atoms with Gasteiger partial charge >= 0.3 is 30.3 Å². The molecule has 0 aliphatic carbocycles. The summed E-state index contributed by atoms with van der Waals surface area (Å²) < 4.78 is 120. The van der Waals surface area contributed by atoms with E-state index in [1.165, 1.54) is 0 Å². The van der Waals surface area contributed by atoms with Gasteiger partial charge in [0.25, 0.3) is 5.83 Å². The van der Waals surface area contributed by atoms with Crippen molar-refractivity contribution in [1.82, 2.24) is 0 Å². The lowest BCUT2D eigenvalue weighted by molar-refractivity contribution is -0.416. The van der Waals surface area contributed by atoms with E-state index in [1.54, 1.807) is 0 Å². The molecule has 0 radical (unpaired) electrons. The van der Waals surface area contributed by atoms with Gasteiger partial charge in [-0.3, -0.25) is 0 Å². The second kappa shape index (κ2) is 4.65. The zero-order valence-electron chi connectivity index (χ0n) is 7.60. The van der Waals surface area contributed by atoms with Gasteiger partial charge in [0.1, 0.15) is 0 Å². The van der Waals surface area contributed by atoms with Crippen molar-refractivity contribution in [1.29, 1.82) is 0 Å². The van der Waals surface area contributed by atoms with Gasteiger partial charge in [-0.1, -0.05) is 0 Å². The number of ether oxygens (including phenoxy) is 1. The molecule has 0 aromatic heterocycles. The van der Waals surface area contributed by atoms with E-state index in [2.05, 4.69) is 4.74 Å². The van der Waals surface area contributed by atoms with Crippen LogP contribution in [0, 0.1) is 0 Å². The van der Waals surface area contributed by atoms with Gasteiger partial charge in [-0.25, -0.2) is 4.79 Å². The second-order valence-electron chi connectivity index (χ2n) is 2.55. The van der Waals surface area contributed by atoms with E-state index in [0.29, 0.717) is 0 Å². The minimum atomic E-state index is -6.83. The van der Waals surface area contributed by atoms with Crippen molar-refractivity contribution in [3.63, 3.8) is 0 Å². The smallest absolute Gasteiger partial charge is 0.407 e. The van der Waals surface area contributed by atoms with E-state index in [-0.39, 0.29) is 0 Å². The maximum atomic E-state index is 12.6. The largest absolute Gasteiger partial charge is 0.470 e. The van der Waals surface area contributed by atoms with Gasteiger partial charge < -0.3 is 4.74 Å². The number of carbonyl (C=O) groups is 1. The molecule has 0 fully saturated rings. The Labute approximate surface area is 90.8 Å². The van der Waals surface area contributed by atoms with Crippen LogP contribution in [0.15, 0.2) is 11.9 Å². The predicted octanol–water partition coefficient (Wildman–Crippen LogP) is 3.40. The van der Waals surface area contributed by atoms with Crippen molar-refractivity contribution in [3.05, 3.63) is 11.9 Å². The Kier molecular flexibility index (Phi) is 4.26. The lowest BCUT2D eigenvalue weighted by Gasteiger charge is -2.28. The lowest BCUT2D eigenvalue weighted by atomic mass is 10.3. The normalized spacial score (nSPS) is 13.2. The molecule has 2 nitrogen and oxygen atoms in total. The van der Waals surface area contributed by atoms with E-state index >= 15 is 0 Å². The summed E-state index contributed by atoms with van der Waals surface area (Å²) >= 11 is 0. The lowest BCUT2D eigenvalue weighted by Crippen LogP contribution is -2.56. The van der Waals surface area contributed by atoms with Crippen LogP contribution in [-0.2, 0) is 9.53 Å². The molecule has 0 spiro atoms. The quantitative estimate of drug-likeness (QED) is 0.443. The number of halogens is 10. The van der Waals surface area contributed by atoms with Crippen LogP contribution in [0.3, 0.4) is 0 Å². The van der Waals surface area contributed by atoms with Gasteiger partial charge in [0.05, 0.1) is 0 Å². The minimum absolute atomic E-state index is 2.12. The molecular weight excluding hydrogens is 294 g/mol. The molecule has 0 saturated carbocycles. The van der Waals surface area contributed by atoms with E-state index in [1.807, 2.05) is 0 Å². The monoisotopic (exact) mass is 294 g/mol. The topological polar surface area (TPSA) is 26.3 Å². The molecule has 0 unspecified atom stereocenters. The predicted molar refractivity (Wildman–Crippen MR) is 32.4 cm³/mol. The molecule has 0 saturated heterocycles. The van der Waals surface area contributed by atoms with Gasteiger partial charge in [0.15, 0.2) is 0 Å². The van der Waals surface area contributed by atoms with E-state index < -0.39 is 36.1 Å². The maximum Gasteiger partial charge on any atom is 0.470 e. The SMILES string of the molecule is O=C(OC(F)(C(F)(F)F)C(F)(F)F)C(F)=C(F)F. The molecule has 0 bridgehead atoms. The molecule has 0 heterocycles. The fourth-order valence-corrected chi connectivity index (χ4v) is 0.526. The summed E-state index contributed by atoms with van der Waals surface area (Å²) in [5.41, 5.74) is 0. The fourth-order valence-electron chi connectivity index (χ4n) is 0.526. The first-order valence-corrected chi connectivity index (χ1v) is 3.50. The van der Waals surface area contributed by atoms with E-state index in [9.17, 15) is 48.7 Å². The molecular formula is C6F10O2. The first-order valence-electron chi connectivity index (χ1n) is 3.50. The van der Waals surface area contributed by atoms with Gasteiger partial charge in [-0.05, 0) is 0 Å². The number of rotatable bonds is 2. The highest BCUT2D eigenvalue weighted by Gasteiger charge is 2.76. The number of esters is 1. The number of hydrogen-bond donors (Lipinski definition) is 0. The molecule has 0 N–H and O–H groups in total. The zero-order chi connectivity index (χ0) is 14.9. The van der Waals surface area contributed by atoms with Gasteiger partial charge in [0.2, 0.25) is 0 Å². The van der Waals surface area contributed by atoms with Crippen LogP contribution < -0.4 is 0 Å². The van der Waals surface area contributed by atoms with Crippen LogP contribution in [0.1, 0.15) is 0 Å². The minimum Gasteiger partial charge on any atom is -0.407 e. The summed E-state index contributed by atoms with van der Waals surface area (Å²) in [6.45, 7) is 0. The highest BCUT2D eigenvalue weighted by Crippen LogP contribution is 2.47. The second-order valence-corrected chi connectivity index (χ2v) is 2.55. The van der Waals surface area contributed by atoms with E-state index in [4.69, 9.17) is 0 Å². The molecule has 0 aromatic carbocycles. The van der Waals surface area contributed by atoms with E-state index in [0.717, 1.165) is 0 Å². The van der Waals surface area contributed by atoms with Crippen molar-refractivity contribution >= 4 is 5.97 Å². The summed E-state index contributed by atoms with van der Waals surface area (Å²) in [6.07, 6.45) is -17.2. The average molecular weight is 294 g/mol. The Balaban J connectivity index is 5.46. The van der Waals surface area contributed by atoms with Crippen molar-refractivity contribution in [3.8, 4) is 0 Å². The van der Waals surface area contributed by atoms with Gasteiger partial charge in [-0.2, -0.15) is 43.9 Å². The Morgan fingerprint density at radius 1 is 0.778 bits per heavy atom. The molecule has 106 valence electrons. The molecule has 0 atom stereocenters. The maximum absolute atomic E-state index is 12.6. The highest BCUT2D eigenvalue weighted by molar-refractivity contribution is 5.86. The molecule has 0 amide bonds. The zero-order valence-corrected chi connectivity index (χ0v) is 7.60. The molecule has 12 heteroatoms. The van der Waals surface area contributed by atoms with Gasteiger partial charge in [0, 0.05) is 0 Å². The van der Waals surface area contributed by atoms with Crippen LogP contribution in [0.25, 0.3) is 0 Å². The Hall–Kier alpha value is -1.49. The van der Waals surface area contributed by atoms with Crippen LogP contribution >= 0.6 is 0 Å². The fraction of sp³-hybridized carbons (Fsp3) is 0.500. The average Bonchev–Trinajstić information content (AvgIpc) is 2.12. The van der Waals surface area contributed by atoms with Crippen molar-refractivity contribution in [2.45, 2.75) is 18.2 Å². The van der Waals surface area contributed by atoms with Crippen LogP contribution in [-0.4, -0.2) is 24.2 Å². The standard InChI is InChI=1S/C6F10O2/c7-1(2(8)9)3(17)18-4(10,5(11,12)13)6(14,15)16. The summed E-state index contributed by atoms with van der Waals surface area (Å²) in [5.74, 6) is -13.4. The first-order chi connectivity index (χ1) is 7.74. The Bertz CT molecular complexity index is 346. The first kappa shape index (κ1) is 16.5. The van der Waals surface area contributed by atoms with Crippen LogP contribution in [0.5, 0.6) is 0 Å². The summed E-state index contributed by atoms with van der Waals surface area (Å²) in [6, 6.07) is 0. The number of hydrogen-bond acceptors (Lipinski definition) is 2. The summed E-state index contributed by atoms with van der Waals surface area (Å²) in [4.78, 5) is 10.1. The van der Waals surface area contributed by atoms with Crippen molar-refractivity contribution in [2.24, 2.45) is 0 Å². The third-order valence-corrected chi connectivity index (χ3v) is 1.31. The summed E-state index contributed by atoms with van der Waals surface area (Å²) in [7, 11) is 0. The van der Waals surface area contributed by atoms with Crippen molar-refractivity contribution < 1.29 is 53.4 Å². The molecule has 0 rings (SSSR count). The number of carbonyl (C=O) groups excluding carboxylic acids is 1. The Morgan fingerprint density at radius 3 is 1.33 bits per heavy atom. The Morgan fingerprint density at radius 2 is 1.11 bits per heavy atom. The molecule has 0 aromatic rings. The molecule has 0 aliphatic heterocycles.